The molecule has 9 nitrogen and oxygen atoms in total. The van der Waals surface area contributed by atoms with Gasteiger partial charge in [0.2, 0.25) is 5.91 Å². The van der Waals surface area contributed by atoms with Gasteiger partial charge in [-0.2, -0.15) is 0 Å². The van der Waals surface area contributed by atoms with Crippen LogP contribution in [0.2, 0.25) is 0 Å². The SMILES string of the molecule is CN1CNCC1C1C(F)CNCC1NC(=O)C1C(N)N(C)N2CC(F)CNC12. The Hall–Kier alpha value is -0.950. The average molecular weight is 402 g/mol. The summed E-state index contributed by atoms with van der Waals surface area (Å²) in [5, 5.41) is 16.0. The van der Waals surface area contributed by atoms with E-state index in [1.54, 1.807) is 17.1 Å². The number of piperidine rings is 1. The molecule has 6 N–H and O–H groups in total. The second kappa shape index (κ2) is 8.05. The van der Waals surface area contributed by atoms with E-state index >= 15 is 0 Å². The summed E-state index contributed by atoms with van der Waals surface area (Å²) in [6.45, 7) is 2.64. The summed E-state index contributed by atoms with van der Waals surface area (Å²) in [7, 11) is 3.74. The van der Waals surface area contributed by atoms with Crippen molar-refractivity contribution >= 4 is 5.91 Å². The molecule has 4 saturated heterocycles. The lowest BCUT2D eigenvalue weighted by molar-refractivity contribution is -0.128. The Bertz CT molecular complexity index is 585. The standard InChI is InChI=1S/C17H32F2N8O/c1-25-8-22-6-12(25)13-10(19)4-21-5-11(13)24-17(28)14-15(20)26(2)27-7-9(18)3-23-16(14)27/h9-16,21-23H,3-8,20H2,1-2H3,(H,24,28). The smallest absolute Gasteiger partial charge is 0.229 e. The molecule has 1 amide bonds. The predicted octanol–water partition coefficient (Wildman–Crippen LogP) is -2.78. The zero-order valence-electron chi connectivity index (χ0n) is 16.4. The third-order valence-electron chi connectivity index (χ3n) is 6.74. The van der Waals surface area contributed by atoms with Gasteiger partial charge in [0.25, 0.3) is 0 Å². The molecule has 4 aliphatic heterocycles. The minimum atomic E-state index is -1.04. The summed E-state index contributed by atoms with van der Waals surface area (Å²) in [4.78, 5) is 15.3. The first-order valence-electron chi connectivity index (χ1n) is 10.1. The van der Waals surface area contributed by atoms with E-state index < -0.39 is 24.4 Å². The van der Waals surface area contributed by atoms with Crippen LogP contribution in [0.1, 0.15) is 0 Å². The fourth-order valence-electron chi connectivity index (χ4n) is 5.19. The summed E-state index contributed by atoms with van der Waals surface area (Å²) in [6, 6.07) is -0.299. The van der Waals surface area contributed by atoms with Crippen molar-refractivity contribution < 1.29 is 13.6 Å². The van der Waals surface area contributed by atoms with Gasteiger partial charge in [0, 0.05) is 64.4 Å². The molecule has 0 aliphatic carbocycles. The summed E-state index contributed by atoms with van der Waals surface area (Å²) in [6.07, 6.45) is -2.95. The number of amides is 1. The Labute approximate surface area is 164 Å². The molecule has 11 heteroatoms. The van der Waals surface area contributed by atoms with E-state index in [9.17, 15) is 13.6 Å². The first kappa shape index (κ1) is 20.3. The van der Waals surface area contributed by atoms with Crippen LogP contribution in [0.3, 0.4) is 0 Å². The molecular formula is C17H32F2N8O. The van der Waals surface area contributed by atoms with Gasteiger partial charge in [-0.25, -0.2) is 18.8 Å². The number of carbonyl (C=O) groups is 1. The summed E-state index contributed by atoms with van der Waals surface area (Å²) >= 11 is 0. The largest absolute Gasteiger partial charge is 0.351 e. The number of hydrogen-bond acceptors (Lipinski definition) is 8. The van der Waals surface area contributed by atoms with E-state index in [2.05, 4.69) is 26.2 Å². The van der Waals surface area contributed by atoms with E-state index in [1.807, 2.05) is 7.05 Å². The maximum atomic E-state index is 14.8. The Morgan fingerprint density at radius 3 is 2.64 bits per heavy atom. The lowest BCUT2D eigenvalue weighted by Crippen LogP contribution is -2.64. The van der Waals surface area contributed by atoms with Gasteiger partial charge < -0.3 is 21.7 Å². The molecule has 0 spiro atoms. The molecule has 0 bridgehead atoms. The van der Waals surface area contributed by atoms with Crippen LogP contribution in [0.15, 0.2) is 0 Å². The predicted molar refractivity (Wildman–Crippen MR) is 100 cm³/mol. The van der Waals surface area contributed by atoms with E-state index in [4.69, 9.17) is 5.73 Å². The Morgan fingerprint density at radius 1 is 1.14 bits per heavy atom. The highest BCUT2D eigenvalue weighted by atomic mass is 19.1. The molecule has 0 aromatic carbocycles. The maximum Gasteiger partial charge on any atom is 0.229 e. The van der Waals surface area contributed by atoms with E-state index in [0.29, 0.717) is 26.3 Å². The van der Waals surface area contributed by atoms with E-state index in [1.165, 1.54) is 0 Å². The van der Waals surface area contributed by atoms with Crippen molar-refractivity contribution in [1.29, 1.82) is 0 Å². The number of nitrogens with zero attached hydrogens (tertiary/aromatic N) is 3. The number of fused-ring (bicyclic) bond motifs is 1. The highest BCUT2D eigenvalue weighted by Gasteiger charge is 2.51. The number of alkyl halides is 2. The molecule has 4 fully saturated rings. The Kier molecular flexibility index (Phi) is 5.85. The third-order valence-corrected chi connectivity index (χ3v) is 6.74. The van der Waals surface area contributed by atoms with Crippen LogP contribution in [0.5, 0.6) is 0 Å². The molecule has 28 heavy (non-hydrogen) atoms. The number of rotatable bonds is 3. The molecular weight excluding hydrogens is 370 g/mol. The number of halogens is 2. The maximum absolute atomic E-state index is 14.8. The molecule has 0 aromatic rings. The van der Waals surface area contributed by atoms with Crippen LogP contribution >= 0.6 is 0 Å². The normalized spacial score (nSPS) is 45.9. The molecule has 8 unspecified atom stereocenters. The average Bonchev–Trinajstić information content (AvgIpc) is 3.17. The van der Waals surface area contributed by atoms with Crippen molar-refractivity contribution in [3.8, 4) is 0 Å². The van der Waals surface area contributed by atoms with Gasteiger partial charge in [-0.3, -0.25) is 15.0 Å². The fourth-order valence-corrected chi connectivity index (χ4v) is 5.19. The minimum Gasteiger partial charge on any atom is -0.351 e. The third kappa shape index (κ3) is 3.53. The van der Waals surface area contributed by atoms with Crippen molar-refractivity contribution in [2.45, 2.75) is 36.8 Å². The topological polar surface area (TPSA) is 101 Å². The van der Waals surface area contributed by atoms with E-state index in [-0.39, 0.29) is 43.2 Å². The number of likely N-dealkylation sites (N-methyl/N-ethyl adjacent to an activating group) is 1. The number of hydrogen-bond donors (Lipinski definition) is 5. The van der Waals surface area contributed by atoms with Crippen molar-refractivity contribution in [3.63, 3.8) is 0 Å². The lowest BCUT2D eigenvalue weighted by atomic mass is 9.83. The monoisotopic (exact) mass is 402 g/mol. The van der Waals surface area contributed by atoms with Crippen molar-refractivity contribution in [2.75, 3.05) is 53.5 Å². The highest BCUT2D eigenvalue weighted by Crippen LogP contribution is 2.30. The van der Waals surface area contributed by atoms with Crippen LogP contribution in [-0.2, 0) is 4.79 Å². The minimum absolute atomic E-state index is 0.0268. The molecule has 0 saturated carbocycles. The zero-order chi connectivity index (χ0) is 20.0. The molecule has 0 radical (unpaired) electrons. The van der Waals surface area contributed by atoms with Crippen LogP contribution in [-0.4, -0.2) is 111 Å². The molecule has 4 heterocycles. The number of hydrazine groups is 1. The number of nitrogens with one attached hydrogen (secondary N) is 4. The van der Waals surface area contributed by atoms with Crippen LogP contribution in [0, 0.1) is 11.8 Å². The van der Waals surface area contributed by atoms with Crippen molar-refractivity contribution in [3.05, 3.63) is 0 Å². The van der Waals surface area contributed by atoms with E-state index in [0.717, 1.165) is 0 Å². The van der Waals surface area contributed by atoms with Gasteiger partial charge in [0.15, 0.2) is 0 Å². The van der Waals surface area contributed by atoms with Crippen LogP contribution in [0.25, 0.3) is 0 Å². The second-order valence-electron chi connectivity index (χ2n) is 8.47. The molecule has 8 atom stereocenters. The number of nitrogens with two attached hydrogens (primary N) is 1. The van der Waals surface area contributed by atoms with Crippen LogP contribution < -0.4 is 27.0 Å². The molecule has 0 aromatic heterocycles. The van der Waals surface area contributed by atoms with Gasteiger partial charge in [-0.1, -0.05) is 0 Å². The van der Waals surface area contributed by atoms with Crippen molar-refractivity contribution in [2.24, 2.45) is 17.6 Å². The lowest BCUT2D eigenvalue weighted by Gasteiger charge is -2.41. The summed E-state index contributed by atoms with van der Waals surface area (Å²) in [5.74, 6) is -1.07. The Morgan fingerprint density at radius 2 is 1.93 bits per heavy atom. The second-order valence-corrected chi connectivity index (χ2v) is 8.47. The number of carbonyl (C=O) groups excluding carboxylic acids is 1. The molecule has 160 valence electrons. The quantitative estimate of drug-likeness (QED) is 0.346. The fraction of sp³-hybridized carbons (Fsp3) is 0.941. The van der Waals surface area contributed by atoms with Gasteiger partial charge in [-0.15, -0.1) is 0 Å². The first-order chi connectivity index (χ1) is 13.4. The first-order valence-corrected chi connectivity index (χ1v) is 10.1. The molecule has 4 aliphatic rings. The van der Waals surface area contributed by atoms with Gasteiger partial charge in [-0.05, 0) is 7.05 Å². The summed E-state index contributed by atoms with van der Waals surface area (Å²) in [5.41, 5.74) is 6.29. The Balaban J connectivity index is 1.48. The van der Waals surface area contributed by atoms with Crippen molar-refractivity contribution in [1.82, 2.24) is 36.2 Å². The van der Waals surface area contributed by atoms with Gasteiger partial charge in [0.05, 0.1) is 18.2 Å². The highest BCUT2D eigenvalue weighted by molar-refractivity contribution is 5.80. The molecule has 4 rings (SSSR count). The van der Waals surface area contributed by atoms with Gasteiger partial charge in [0.1, 0.15) is 12.3 Å². The zero-order valence-corrected chi connectivity index (χ0v) is 16.4. The van der Waals surface area contributed by atoms with Gasteiger partial charge >= 0.3 is 0 Å². The van der Waals surface area contributed by atoms with Crippen LogP contribution in [0.4, 0.5) is 8.78 Å². The summed E-state index contributed by atoms with van der Waals surface area (Å²) < 4.78 is 28.6.